The fraction of sp³-hybridized carbons (Fsp3) is 0.526. The number of nitrogens with one attached hydrogen (secondary N) is 3. The number of anilines is 1. The van der Waals surface area contributed by atoms with E-state index < -0.39 is 0 Å². The predicted octanol–water partition coefficient (Wildman–Crippen LogP) is 2.52. The molecule has 0 spiro atoms. The summed E-state index contributed by atoms with van der Waals surface area (Å²) >= 11 is 1.65. The molecule has 1 aromatic carbocycles. The van der Waals surface area contributed by atoms with Gasteiger partial charge in [0.1, 0.15) is 0 Å². The number of hydrogen-bond acceptors (Lipinski definition) is 5. The number of aliphatic imine (C=N–C) groups is 1. The fourth-order valence-electron chi connectivity index (χ4n) is 2.64. The molecule has 2 aromatic rings. The van der Waals surface area contributed by atoms with Gasteiger partial charge in [0.05, 0.1) is 16.8 Å². The number of fused-ring (bicyclic) bond motifs is 1. The van der Waals surface area contributed by atoms with Crippen LogP contribution in [0.25, 0.3) is 10.2 Å². The highest BCUT2D eigenvalue weighted by Crippen LogP contribution is 2.24. The molecule has 0 aliphatic heterocycles. The Morgan fingerprint density at radius 3 is 2.63 bits per heavy atom. The molecule has 3 N–H and O–H groups in total. The smallest absolute Gasteiger partial charge is 0.224 e. The Morgan fingerprint density at radius 2 is 1.93 bits per heavy atom. The van der Waals surface area contributed by atoms with E-state index in [0.29, 0.717) is 19.5 Å². The first-order chi connectivity index (χ1) is 13.2. The molecule has 0 unspecified atom stereocenters. The summed E-state index contributed by atoms with van der Waals surface area (Å²) in [6, 6.07) is 8.12. The van der Waals surface area contributed by atoms with E-state index in [1.807, 2.05) is 43.9 Å². The molecule has 0 fully saturated rings. The van der Waals surface area contributed by atoms with Gasteiger partial charge in [-0.2, -0.15) is 0 Å². The summed E-state index contributed by atoms with van der Waals surface area (Å²) < 4.78 is 1.18. The first kappa shape index (κ1) is 21.0. The Bertz CT molecular complexity index is 708. The van der Waals surface area contributed by atoms with Gasteiger partial charge in [0, 0.05) is 39.1 Å². The minimum absolute atomic E-state index is 0.150. The van der Waals surface area contributed by atoms with Gasteiger partial charge in [0.25, 0.3) is 0 Å². The number of carbonyl (C=O) groups is 1. The lowest BCUT2D eigenvalue weighted by atomic mass is 10.3. The van der Waals surface area contributed by atoms with Gasteiger partial charge in [-0.25, -0.2) is 4.98 Å². The Hall–Kier alpha value is -2.35. The van der Waals surface area contributed by atoms with Crippen LogP contribution < -0.4 is 16.0 Å². The molecule has 0 atom stereocenters. The van der Waals surface area contributed by atoms with Crippen LogP contribution in [0.15, 0.2) is 29.3 Å². The lowest BCUT2D eigenvalue weighted by Gasteiger charge is -2.18. The average molecular weight is 391 g/mol. The minimum atomic E-state index is 0.150. The highest BCUT2D eigenvalue weighted by molar-refractivity contribution is 7.22. The van der Waals surface area contributed by atoms with Crippen LogP contribution in [0, 0.1) is 0 Å². The standard InChI is InChI=1S/C19H30N6OS/c1-4-20-18(21-12-11-17(26)25(5-2)6-3)22-13-14-23-19-24-15-9-7-8-10-16(15)27-19/h7-10H,4-6,11-14H2,1-3H3,(H,23,24)(H2,20,21,22). The minimum Gasteiger partial charge on any atom is -0.360 e. The number of thiazole rings is 1. The summed E-state index contributed by atoms with van der Waals surface area (Å²) in [5.41, 5.74) is 1.02. The maximum Gasteiger partial charge on any atom is 0.224 e. The van der Waals surface area contributed by atoms with Crippen LogP contribution in [-0.4, -0.2) is 61.0 Å². The second-order valence-electron chi connectivity index (χ2n) is 5.92. The molecular formula is C19H30N6OS. The van der Waals surface area contributed by atoms with Gasteiger partial charge in [0.2, 0.25) is 5.91 Å². The highest BCUT2D eigenvalue weighted by atomic mass is 32.1. The zero-order valence-electron chi connectivity index (χ0n) is 16.4. The number of nitrogens with zero attached hydrogens (tertiary/aromatic N) is 3. The predicted molar refractivity (Wildman–Crippen MR) is 115 cm³/mol. The Balaban J connectivity index is 1.75. The van der Waals surface area contributed by atoms with Crippen LogP contribution in [-0.2, 0) is 4.79 Å². The number of guanidine groups is 1. The van der Waals surface area contributed by atoms with Gasteiger partial charge in [-0.15, -0.1) is 0 Å². The molecule has 7 nitrogen and oxygen atoms in total. The van der Waals surface area contributed by atoms with Gasteiger partial charge in [0.15, 0.2) is 11.1 Å². The zero-order valence-corrected chi connectivity index (χ0v) is 17.2. The van der Waals surface area contributed by atoms with Gasteiger partial charge < -0.3 is 20.9 Å². The maximum atomic E-state index is 12.0. The van der Waals surface area contributed by atoms with Crippen LogP contribution in [0.1, 0.15) is 27.2 Å². The van der Waals surface area contributed by atoms with Gasteiger partial charge in [-0.3, -0.25) is 9.79 Å². The number of aromatic nitrogens is 1. The third kappa shape index (κ3) is 6.71. The van der Waals surface area contributed by atoms with Crippen molar-refractivity contribution in [2.45, 2.75) is 27.2 Å². The van der Waals surface area contributed by atoms with E-state index in [0.717, 1.165) is 42.8 Å². The lowest BCUT2D eigenvalue weighted by Crippen LogP contribution is -2.40. The second kappa shape index (κ2) is 11.4. The monoisotopic (exact) mass is 390 g/mol. The van der Waals surface area contributed by atoms with Crippen LogP contribution in [0.3, 0.4) is 0 Å². The van der Waals surface area contributed by atoms with Crippen molar-refractivity contribution < 1.29 is 4.79 Å². The quantitative estimate of drug-likeness (QED) is 0.330. The summed E-state index contributed by atoms with van der Waals surface area (Å²) in [5.74, 6) is 0.882. The summed E-state index contributed by atoms with van der Waals surface area (Å²) in [4.78, 5) is 22.9. The van der Waals surface area contributed by atoms with E-state index in [4.69, 9.17) is 0 Å². The van der Waals surface area contributed by atoms with Crippen LogP contribution in [0.4, 0.5) is 5.13 Å². The molecule has 0 saturated carbocycles. The summed E-state index contributed by atoms with van der Waals surface area (Å²) in [6.45, 7) is 10.2. The number of amides is 1. The normalized spacial score (nSPS) is 11.4. The third-order valence-electron chi connectivity index (χ3n) is 4.04. The topological polar surface area (TPSA) is 81.7 Å². The van der Waals surface area contributed by atoms with Gasteiger partial charge in [-0.05, 0) is 32.9 Å². The molecule has 0 saturated heterocycles. The Labute approximate surface area is 165 Å². The van der Waals surface area contributed by atoms with Crippen molar-refractivity contribution >= 4 is 38.6 Å². The lowest BCUT2D eigenvalue weighted by molar-refractivity contribution is -0.130. The Kier molecular flexibility index (Phi) is 8.83. The number of hydrogen-bond donors (Lipinski definition) is 3. The van der Waals surface area contributed by atoms with Crippen molar-refractivity contribution in [1.82, 2.24) is 20.5 Å². The molecule has 0 aliphatic rings. The first-order valence-electron chi connectivity index (χ1n) is 9.57. The number of para-hydroxylation sites is 1. The average Bonchev–Trinajstić information content (AvgIpc) is 3.09. The molecule has 1 amide bonds. The molecule has 0 bridgehead atoms. The van der Waals surface area contributed by atoms with Crippen LogP contribution in [0.5, 0.6) is 0 Å². The van der Waals surface area contributed by atoms with Crippen molar-refractivity contribution in [3.05, 3.63) is 24.3 Å². The van der Waals surface area contributed by atoms with E-state index in [1.165, 1.54) is 4.70 Å². The summed E-state index contributed by atoms with van der Waals surface area (Å²) in [7, 11) is 0. The summed E-state index contributed by atoms with van der Waals surface area (Å²) in [6.07, 6.45) is 0.433. The van der Waals surface area contributed by atoms with E-state index >= 15 is 0 Å². The van der Waals surface area contributed by atoms with E-state index in [9.17, 15) is 4.79 Å². The fourth-order valence-corrected chi connectivity index (χ4v) is 3.53. The largest absolute Gasteiger partial charge is 0.360 e. The van der Waals surface area contributed by atoms with E-state index in [1.54, 1.807) is 11.3 Å². The van der Waals surface area contributed by atoms with Crippen molar-refractivity contribution in [2.24, 2.45) is 4.99 Å². The molecule has 2 rings (SSSR count). The molecule has 0 aliphatic carbocycles. The number of benzene rings is 1. The van der Waals surface area contributed by atoms with Crippen LogP contribution in [0.2, 0.25) is 0 Å². The molecular weight excluding hydrogens is 360 g/mol. The van der Waals surface area contributed by atoms with E-state index in [2.05, 4.69) is 32.0 Å². The molecule has 8 heteroatoms. The molecule has 1 heterocycles. The van der Waals surface area contributed by atoms with Gasteiger partial charge >= 0.3 is 0 Å². The maximum absolute atomic E-state index is 12.0. The zero-order chi connectivity index (χ0) is 19.5. The molecule has 0 radical (unpaired) electrons. The van der Waals surface area contributed by atoms with Crippen molar-refractivity contribution in [2.75, 3.05) is 44.6 Å². The van der Waals surface area contributed by atoms with Gasteiger partial charge in [-0.1, -0.05) is 23.5 Å². The third-order valence-corrected chi connectivity index (χ3v) is 5.04. The van der Waals surface area contributed by atoms with Crippen molar-refractivity contribution in [3.8, 4) is 0 Å². The number of carbonyl (C=O) groups excluding carboxylic acids is 1. The first-order valence-corrected chi connectivity index (χ1v) is 10.4. The Morgan fingerprint density at radius 1 is 1.15 bits per heavy atom. The van der Waals surface area contributed by atoms with Crippen molar-refractivity contribution in [1.29, 1.82) is 0 Å². The molecule has 1 aromatic heterocycles. The SMILES string of the molecule is CCNC(=NCCC(=O)N(CC)CC)NCCNc1nc2ccccc2s1. The second-order valence-corrected chi connectivity index (χ2v) is 6.95. The van der Waals surface area contributed by atoms with Crippen LogP contribution >= 0.6 is 11.3 Å². The highest BCUT2D eigenvalue weighted by Gasteiger charge is 2.08. The van der Waals surface area contributed by atoms with E-state index in [-0.39, 0.29) is 5.91 Å². The summed E-state index contributed by atoms with van der Waals surface area (Å²) in [5, 5.41) is 10.7. The van der Waals surface area contributed by atoms with Crippen molar-refractivity contribution in [3.63, 3.8) is 0 Å². The molecule has 148 valence electrons. The molecule has 27 heavy (non-hydrogen) atoms. The number of rotatable bonds is 10.